The van der Waals surface area contributed by atoms with Gasteiger partial charge in [-0.05, 0) is 24.6 Å². The van der Waals surface area contributed by atoms with Gasteiger partial charge in [0.2, 0.25) is 6.10 Å². The van der Waals surface area contributed by atoms with Crippen LogP contribution in [0.4, 0.5) is 13.2 Å². The molecule has 1 rings (SSSR count). The predicted octanol–water partition coefficient (Wildman–Crippen LogP) is 4.15. The van der Waals surface area contributed by atoms with Crippen molar-refractivity contribution in [1.82, 2.24) is 0 Å². The lowest BCUT2D eigenvalue weighted by atomic mass is 10.1. The monoisotopic (exact) mass is 345 g/mol. The summed E-state index contributed by atoms with van der Waals surface area (Å²) in [5.74, 6) is -0.0442. The summed E-state index contributed by atoms with van der Waals surface area (Å²) in [6.45, 7) is 1.56. The minimum absolute atomic E-state index is 0.0442. The Labute approximate surface area is 116 Å². The summed E-state index contributed by atoms with van der Waals surface area (Å²) in [7, 11) is 0. The Morgan fingerprint density at radius 2 is 2.06 bits per heavy atom. The predicted molar refractivity (Wildman–Crippen MR) is 67.9 cm³/mol. The van der Waals surface area contributed by atoms with Crippen molar-refractivity contribution in [2.24, 2.45) is 5.73 Å². The number of benzene rings is 1. The summed E-state index contributed by atoms with van der Waals surface area (Å²) in [5, 5.41) is 0.107. The zero-order valence-corrected chi connectivity index (χ0v) is 11.8. The van der Waals surface area contributed by atoms with Crippen LogP contribution in [0.3, 0.4) is 0 Å². The first-order valence-electron chi connectivity index (χ1n) is 5.19. The van der Waals surface area contributed by atoms with E-state index in [1.165, 1.54) is 12.1 Å². The number of hydrogen-bond acceptors (Lipinski definition) is 2. The third kappa shape index (κ3) is 4.03. The minimum atomic E-state index is -4.54. The van der Waals surface area contributed by atoms with Crippen molar-refractivity contribution in [3.63, 3.8) is 0 Å². The van der Waals surface area contributed by atoms with Crippen LogP contribution >= 0.6 is 27.5 Å². The summed E-state index contributed by atoms with van der Waals surface area (Å²) in [4.78, 5) is 0. The normalized spacial score (nSPS) is 15.3. The van der Waals surface area contributed by atoms with Gasteiger partial charge in [0.25, 0.3) is 0 Å². The maximum absolute atomic E-state index is 12.8. The Bertz CT molecular complexity index is 414. The van der Waals surface area contributed by atoms with Gasteiger partial charge in [0.05, 0.1) is 11.1 Å². The van der Waals surface area contributed by atoms with E-state index in [9.17, 15) is 13.2 Å². The van der Waals surface area contributed by atoms with Gasteiger partial charge in [-0.2, -0.15) is 13.2 Å². The fourth-order valence-corrected chi connectivity index (χ4v) is 1.82. The van der Waals surface area contributed by atoms with Crippen molar-refractivity contribution in [1.29, 1.82) is 0 Å². The van der Waals surface area contributed by atoms with Gasteiger partial charge in [0, 0.05) is 4.47 Å². The summed E-state index contributed by atoms with van der Waals surface area (Å²) in [5.41, 5.74) is 5.44. The lowest BCUT2D eigenvalue weighted by Crippen LogP contribution is -2.48. The number of hydrogen-bond donors (Lipinski definition) is 1. The van der Waals surface area contributed by atoms with Crippen LogP contribution in [0, 0.1) is 0 Å². The first kappa shape index (κ1) is 15.6. The van der Waals surface area contributed by atoms with E-state index in [-0.39, 0.29) is 17.2 Å². The fourth-order valence-electron chi connectivity index (χ4n) is 1.32. The van der Waals surface area contributed by atoms with Crippen LogP contribution in [0.1, 0.15) is 13.3 Å². The molecule has 0 bridgehead atoms. The van der Waals surface area contributed by atoms with Gasteiger partial charge in [0.1, 0.15) is 5.75 Å². The van der Waals surface area contributed by atoms with Crippen molar-refractivity contribution in [2.45, 2.75) is 31.7 Å². The molecule has 1 aromatic carbocycles. The largest absolute Gasteiger partial charge is 0.478 e. The molecule has 0 amide bonds. The van der Waals surface area contributed by atoms with Crippen molar-refractivity contribution < 1.29 is 17.9 Å². The van der Waals surface area contributed by atoms with Gasteiger partial charge in [-0.25, -0.2) is 0 Å². The molecule has 0 saturated carbocycles. The zero-order valence-electron chi connectivity index (χ0n) is 9.47. The average molecular weight is 347 g/mol. The van der Waals surface area contributed by atoms with Gasteiger partial charge < -0.3 is 10.5 Å². The highest BCUT2D eigenvalue weighted by molar-refractivity contribution is 9.10. The fraction of sp³-hybridized carbons (Fsp3) is 0.455. The Morgan fingerprint density at radius 3 is 2.56 bits per heavy atom. The van der Waals surface area contributed by atoms with Crippen LogP contribution in [-0.2, 0) is 0 Å². The highest BCUT2D eigenvalue weighted by atomic mass is 79.9. The van der Waals surface area contributed by atoms with Gasteiger partial charge in [-0.15, -0.1) is 0 Å². The molecule has 102 valence electrons. The molecule has 0 spiro atoms. The average Bonchev–Trinajstić information content (AvgIpc) is 2.27. The zero-order chi connectivity index (χ0) is 13.9. The lowest BCUT2D eigenvalue weighted by Gasteiger charge is -2.26. The van der Waals surface area contributed by atoms with Crippen molar-refractivity contribution in [3.8, 4) is 5.75 Å². The molecule has 0 fully saturated rings. The molecule has 2 atom stereocenters. The Hall–Kier alpha value is -0.460. The summed E-state index contributed by atoms with van der Waals surface area (Å²) >= 11 is 8.92. The van der Waals surface area contributed by atoms with E-state index in [1.807, 2.05) is 0 Å². The van der Waals surface area contributed by atoms with Crippen LogP contribution < -0.4 is 10.5 Å². The van der Waals surface area contributed by atoms with E-state index in [2.05, 4.69) is 15.9 Å². The third-order valence-corrected chi connectivity index (χ3v) is 3.14. The molecule has 0 aliphatic heterocycles. The van der Waals surface area contributed by atoms with E-state index in [0.717, 1.165) is 0 Å². The smallest absolute Gasteiger partial charge is 0.426 e. The molecule has 2 N–H and O–H groups in total. The van der Waals surface area contributed by atoms with Crippen LogP contribution in [0.25, 0.3) is 0 Å². The van der Waals surface area contributed by atoms with E-state index < -0.39 is 18.3 Å². The highest BCUT2D eigenvalue weighted by Crippen LogP contribution is 2.33. The molecule has 2 unspecified atom stereocenters. The van der Waals surface area contributed by atoms with Crippen molar-refractivity contribution in [3.05, 3.63) is 27.7 Å². The Balaban J connectivity index is 3.00. The van der Waals surface area contributed by atoms with Gasteiger partial charge >= 0.3 is 6.18 Å². The molecule has 7 heteroatoms. The standard InChI is InChI=1S/C11H12BrClF3NO/c1-2-8(17)10(11(14,15)16)18-9-5-6(12)3-4-7(9)13/h3-5,8,10H,2,17H2,1H3. The summed E-state index contributed by atoms with van der Waals surface area (Å²) in [6, 6.07) is 3.30. The second-order valence-electron chi connectivity index (χ2n) is 3.73. The molecule has 0 heterocycles. The number of rotatable bonds is 4. The summed E-state index contributed by atoms with van der Waals surface area (Å²) < 4.78 is 44.0. The Morgan fingerprint density at radius 1 is 1.44 bits per heavy atom. The topological polar surface area (TPSA) is 35.2 Å². The maximum atomic E-state index is 12.8. The molecule has 0 radical (unpaired) electrons. The first-order chi connectivity index (χ1) is 8.25. The Kier molecular flexibility index (Phi) is 5.31. The van der Waals surface area contributed by atoms with Crippen LogP contribution in [-0.4, -0.2) is 18.3 Å². The second-order valence-corrected chi connectivity index (χ2v) is 5.05. The molecule has 0 aliphatic carbocycles. The van der Waals surface area contributed by atoms with Crippen LogP contribution in [0.5, 0.6) is 5.75 Å². The number of alkyl halides is 3. The van der Waals surface area contributed by atoms with Gasteiger partial charge in [-0.3, -0.25) is 0 Å². The minimum Gasteiger partial charge on any atom is -0.478 e. The molecule has 0 aromatic heterocycles. The molecule has 2 nitrogen and oxygen atoms in total. The number of nitrogens with two attached hydrogens (primary N) is 1. The maximum Gasteiger partial charge on any atom is 0.426 e. The van der Waals surface area contributed by atoms with E-state index >= 15 is 0 Å². The quantitative estimate of drug-likeness (QED) is 0.889. The number of halogens is 5. The van der Waals surface area contributed by atoms with E-state index in [1.54, 1.807) is 13.0 Å². The highest BCUT2D eigenvalue weighted by Gasteiger charge is 2.45. The van der Waals surface area contributed by atoms with Crippen LogP contribution in [0.2, 0.25) is 5.02 Å². The van der Waals surface area contributed by atoms with Gasteiger partial charge in [-0.1, -0.05) is 34.5 Å². The first-order valence-corrected chi connectivity index (χ1v) is 6.36. The van der Waals surface area contributed by atoms with Gasteiger partial charge in [0.15, 0.2) is 0 Å². The van der Waals surface area contributed by atoms with E-state index in [0.29, 0.717) is 4.47 Å². The molecule has 18 heavy (non-hydrogen) atoms. The van der Waals surface area contributed by atoms with Crippen molar-refractivity contribution in [2.75, 3.05) is 0 Å². The lowest BCUT2D eigenvalue weighted by molar-refractivity contribution is -0.200. The molecule has 0 aliphatic rings. The molecule has 1 aromatic rings. The van der Waals surface area contributed by atoms with Crippen molar-refractivity contribution >= 4 is 27.5 Å². The SMILES string of the molecule is CCC(N)C(Oc1cc(Br)ccc1Cl)C(F)(F)F. The van der Waals surface area contributed by atoms with E-state index in [4.69, 9.17) is 22.1 Å². The molecular weight excluding hydrogens is 334 g/mol. The summed E-state index contributed by atoms with van der Waals surface area (Å²) in [6.07, 6.45) is -6.47. The van der Waals surface area contributed by atoms with Crippen LogP contribution in [0.15, 0.2) is 22.7 Å². The second kappa shape index (κ2) is 6.12. The number of ether oxygens (including phenoxy) is 1. The third-order valence-electron chi connectivity index (χ3n) is 2.33. The molecular formula is C11H12BrClF3NO. The molecule has 0 saturated heterocycles.